The summed E-state index contributed by atoms with van der Waals surface area (Å²) in [6.45, 7) is 7.56. The summed E-state index contributed by atoms with van der Waals surface area (Å²) in [6, 6.07) is 9.60. The predicted octanol–water partition coefficient (Wildman–Crippen LogP) is 2.13. The van der Waals surface area contributed by atoms with Crippen LogP contribution in [-0.2, 0) is 6.54 Å². The summed E-state index contributed by atoms with van der Waals surface area (Å²) in [6.07, 6.45) is 1.44. The van der Waals surface area contributed by atoms with Crippen molar-refractivity contribution in [1.29, 1.82) is 0 Å². The summed E-state index contributed by atoms with van der Waals surface area (Å²) in [5.41, 5.74) is 7.89. The van der Waals surface area contributed by atoms with E-state index in [1.165, 1.54) is 6.26 Å². The molecule has 24 heavy (non-hydrogen) atoms. The molecule has 1 aliphatic heterocycles. The Morgan fingerprint density at radius 3 is 2.67 bits per heavy atom. The molecule has 2 heterocycles. The highest BCUT2D eigenvalue weighted by atomic mass is 16.3. The Balaban J connectivity index is 1.73. The third-order valence-electron chi connectivity index (χ3n) is 4.43. The van der Waals surface area contributed by atoms with Crippen LogP contribution in [0.25, 0.3) is 0 Å². The second-order valence-corrected chi connectivity index (χ2v) is 5.90. The number of anilines is 2. The third kappa shape index (κ3) is 3.60. The number of hydrogen-bond acceptors (Lipinski definition) is 5. The van der Waals surface area contributed by atoms with Crippen molar-refractivity contribution in [1.82, 2.24) is 4.90 Å². The summed E-state index contributed by atoms with van der Waals surface area (Å²) in [5, 5.41) is 2.99. The van der Waals surface area contributed by atoms with Crippen molar-refractivity contribution in [2.24, 2.45) is 5.73 Å². The summed E-state index contributed by atoms with van der Waals surface area (Å²) in [4.78, 5) is 17.2. The number of nitrogens with two attached hydrogens (primary N) is 1. The molecule has 1 aromatic heterocycles. The first-order valence-corrected chi connectivity index (χ1v) is 8.36. The van der Waals surface area contributed by atoms with Crippen LogP contribution in [-0.4, -0.2) is 43.5 Å². The molecule has 0 unspecified atom stereocenters. The van der Waals surface area contributed by atoms with Gasteiger partial charge < -0.3 is 25.3 Å². The largest absolute Gasteiger partial charge is 0.467 e. The van der Waals surface area contributed by atoms with Crippen molar-refractivity contribution >= 4 is 17.3 Å². The molecule has 3 rings (SSSR count). The Kier molecular flexibility index (Phi) is 5.17. The number of nitrogens with zero attached hydrogens (tertiary/aromatic N) is 2. The SMILES string of the molecule is CCN1CCN(c2ccccc2NC(=O)c2coc(CN)c2)CC1. The number of piperazine rings is 1. The van der Waals surface area contributed by atoms with Crippen LogP contribution in [0.3, 0.4) is 0 Å². The highest BCUT2D eigenvalue weighted by Gasteiger charge is 2.19. The first-order chi connectivity index (χ1) is 11.7. The van der Waals surface area contributed by atoms with Crippen molar-refractivity contribution in [3.8, 4) is 0 Å². The van der Waals surface area contributed by atoms with Crippen LogP contribution >= 0.6 is 0 Å². The van der Waals surface area contributed by atoms with Crippen LogP contribution in [0.2, 0.25) is 0 Å². The highest BCUT2D eigenvalue weighted by molar-refractivity contribution is 6.05. The van der Waals surface area contributed by atoms with Gasteiger partial charge in [-0.3, -0.25) is 4.79 Å². The molecular weight excluding hydrogens is 304 g/mol. The van der Waals surface area contributed by atoms with Crippen LogP contribution in [0, 0.1) is 0 Å². The van der Waals surface area contributed by atoms with Crippen molar-refractivity contribution < 1.29 is 9.21 Å². The van der Waals surface area contributed by atoms with Gasteiger partial charge in [0.15, 0.2) is 0 Å². The van der Waals surface area contributed by atoms with Gasteiger partial charge in [-0.2, -0.15) is 0 Å². The Morgan fingerprint density at radius 2 is 2.00 bits per heavy atom. The van der Waals surface area contributed by atoms with E-state index in [0.29, 0.717) is 11.3 Å². The molecule has 3 N–H and O–H groups in total. The Labute approximate surface area is 142 Å². The van der Waals surface area contributed by atoms with E-state index >= 15 is 0 Å². The number of rotatable bonds is 5. The van der Waals surface area contributed by atoms with Gasteiger partial charge in [0.05, 0.1) is 23.5 Å². The molecule has 6 heteroatoms. The normalized spacial score (nSPS) is 15.5. The molecule has 1 saturated heterocycles. The summed E-state index contributed by atoms with van der Waals surface area (Å²) < 4.78 is 5.24. The minimum absolute atomic E-state index is 0.182. The van der Waals surface area contributed by atoms with Crippen LogP contribution in [0.15, 0.2) is 41.0 Å². The number of carbonyl (C=O) groups is 1. The lowest BCUT2D eigenvalue weighted by Crippen LogP contribution is -2.46. The van der Waals surface area contributed by atoms with E-state index in [2.05, 4.69) is 28.1 Å². The van der Waals surface area contributed by atoms with Crippen molar-refractivity contribution in [2.75, 3.05) is 42.9 Å². The molecule has 0 aliphatic carbocycles. The van der Waals surface area contributed by atoms with Gasteiger partial charge in [0, 0.05) is 26.2 Å². The number of benzene rings is 1. The molecule has 128 valence electrons. The maximum absolute atomic E-state index is 12.4. The zero-order valence-electron chi connectivity index (χ0n) is 14.0. The average Bonchev–Trinajstić information content (AvgIpc) is 3.12. The second kappa shape index (κ2) is 7.51. The van der Waals surface area contributed by atoms with Crippen LogP contribution < -0.4 is 16.0 Å². The molecule has 0 bridgehead atoms. The van der Waals surface area contributed by atoms with E-state index in [9.17, 15) is 4.79 Å². The number of para-hydroxylation sites is 2. The number of likely N-dealkylation sites (N-methyl/N-ethyl adjacent to an activating group) is 1. The van der Waals surface area contributed by atoms with Crippen LogP contribution in [0.1, 0.15) is 23.0 Å². The summed E-state index contributed by atoms with van der Waals surface area (Å²) in [7, 11) is 0. The van der Waals surface area contributed by atoms with Gasteiger partial charge in [-0.05, 0) is 24.7 Å². The topological polar surface area (TPSA) is 74.7 Å². The zero-order valence-corrected chi connectivity index (χ0v) is 14.0. The molecule has 1 aromatic carbocycles. The van der Waals surface area contributed by atoms with Gasteiger partial charge in [0.25, 0.3) is 5.91 Å². The van der Waals surface area contributed by atoms with E-state index in [-0.39, 0.29) is 12.5 Å². The fraction of sp³-hybridized carbons (Fsp3) is 0.389. The van der Waals surface area contributed by atoms with Crippen molar-refractivity contribution in [2.45, 2.75) is 13.5 Å². The van der Waals surface area contributed by atoms with Gasteiger partial charge in [-0.1, -0.05) is 19.1 Å². The van der Waals surface area contributed by atoms with Crippen LogP contribution in [0.4, 0.5) is 11.4 Å². The smallest absolute Gasteiger partial charge is 0.258 e. The number of hydrogen-bond donors (Lipinski definition) is 2. The maximum atomic E-state index is 12.4. The quantitative estimate of drug-likeness (QED) is 0.879. The fourth-order valence-corrected chi connectivity index (χ4v) is 2.96. The first-order valence-electron chi connectivity index (χ1n) is 8.36. The average molecular weight is 328 g/mol. The molecule has 6 nitrogen and oxygen atoms in total. The first kappa shape index (κ1) is 16.5. The molecule has 1 fully saturated rings. The van der Waals surface area contributed by atoms with Gasteiger partial charge >= 0.3 is 0 Å². The molecule has 0 saturated carbocycles. The number of furan rings is 1. The van der Waals surface area contributed by atoms with Gasteiger partial charge in [-0.15, -0.1) is 0 Å². The Bertz CT molecular complexity index is 690. The summed E-state index contributed by atoms with van der Waals surface area (Å²) >= 11 is 0. The van der Waals surface area contributed by atoms with E-state index in [1.807, 2.05) is 18.2 Å². The second-order valence-electron chi connectivity index (χ2n) is 5.90. The monoisotopic (exact) mass is 328 g/mol. The molecule has 0 radical (unpaired) electrons. The van der Waals surface area contributed by atoms with Gasteiger partial charge in [0.2, 0.25) is 0 Å². The minimum Gasteiger partial charge on any atom is -0.467 e. The van der Waals surface area contributed by atoms with Crippen LogP contribution in [0.5, 0.6) is 0 Å². The van der Waals surface area contributed by atoms with Gasteiger partial charge in [0.1, 0.15) is 12.0 Å². The lowest BCUT2D eigenvalue weighted by Gasteiger charge is -2.36. The molecule has 1 amide bonds. The van der Waals surface area contributed by atoms with Gasteiger partial charge in [-0.25, -0.2) is 0 Å². The third-order valence-corrected chi connectivity index (χ3v) is 4.43. The zero-order chi connectivity index (χ0) is 16.9. The lowest BCUT2D eigenvalue weighted by atomic mass is 10.2. The number of nitrogens with one attached hydrogen (secondary N) is 1. The Morgan fingerprint density at radius 1 is 1.25 bits per heavy atom. The Hall–Kier alpha value is -2.31. The van der Waals surface area contributed by atoms with E-state index in [1.54, 1.807) is 6.07 Å². The molecular formula is C18H24N4O2. The number of carbonyl (C=O) groups excluding carboxylic acids is 1. The molecule has 1 aliphatic rings. The molecule has 0 spiro atoms. The van der Waals surface area contributed by atoms with Crippen molar-refractivity contribution in [3.05, 3.63) is 47.9 Å². The fourth-order valence-electron chi connectivity index (χ4n) is 2.96. The molecule has 0 atom stereocenters. The van der Waals surface area contributed by atoms with E-state index in [0.717, 1.165) is 44.1 Å². The standard InChI is InChI=1S/C18H24N4O2/c1-2-21-7-9-22(10-8-21)17-6-4-3-5-16(17)20-18(23)14-11-15(12-19)24-13-14/h3-6,11,13H,2,7-10,12,19H2,1H3,(H,20,23). The molecule has 2 aromatic rings. The minimum atomic E-state index is -0.182. The lowest BCUT2D eigenvalue weighted by molar-refractivity contribution is 0.102. The highest BCUT2D eigenvalue weighted by Crippen LogP contribution is 2.27. The maximum Gasteiger partial charge on any atom is 0.258 e. The number of amides is 1. The predicted molar refractivity (Wildman–Crippen MR) is 95.3 cm³/mol. The summed E-state index contributed by atoms with van der Waals surface area (Å²) in [5.74, 6) is 0.419. The van der Waals surface area contributed by atoms with E-state index in [4.69, 9.17) is 10.2 Å². The van der Waals surface area contributed by atoms with E-state index < -0.39 is 0 Å². The van der Waals surface area contributed by atoms with Crippen molar-refractivity contribution in [3.63, 3.8) is 0 Å².